The minimum absolute atomic E-state index is 0.0854. The van der Waals surface area contributed by atoms with Gasteiger partial charge in [-0.3, -0.25) is 9.59 Å². The van der Waals surface area contributed by atoms with Crippen molar-refractivity contribution in [2.75, 3.05) is 20.3 Å². The average molecular weight is 488 g/mol. The van der Waals surface area contributed by atoms with E-state index in [4.69, 9.17) is 9.47 Å². The molecular formula is C24H26BrNO5. The van der Waals surface area contributed by atoms with E-state index in [1.165, 1.54) is 4.90 Å². The molecule has 0 aliphatic carbocycles. The average Bonchev–Trinajstić information content (AvgIpc) is 3.01. The molecule has 164 valence electrons. The summed E-state index contributed by atoms with van der Waals surface area (Å²) in [4.78, 5) is 27.4. The summed E-state index contributed by atoms with van der Waals surface area (Å²) in [5.41, 5.74) is 1.29. The molecule has 1 heterocycles. The summed E-state index contributed by atoms with van der Waals surface area (Å²) >= 11 is 3.37. The first-order valence-electron chi connectivity index (χ1n) is 10.1. The second kappa shape index (κ2) is 10.1. The van der Waals surface area contributed by atoms with Crippen LogP contribution < -0.4 is 4.74 Å². The van der Waals surface area contributed by atoms with Crippen LogP contribution in [0.4, 0.5) is 0 Å². The Morgan fingerprint density at radius 1 is 1.10 bits per heavy atom. The normalized spacial score (nSPS) is 18.1. The molecule has 7 heteroatoms. The third-order valence-electron chi connectivity index (χ3n) is 5.08. The van der Waals surface area contributed by atoms with Crippen LogP contribution in [0.25, 0.3) is 5.76 Å². The first kappa shape index (κ1) is 23.0. The second-order valence-corrected chi connectivity index (χ2v) is 8.46. The molecule has 2 aromatic rings. The van der Waals surface area contributed by atoms with E-state index >= 15 is 0 Å². The maximum Gasteiger partial charge on any atom is 0.295 e. The zero-order chi connectivity index (χ0) is 22.5. The molecule has 0 spiro atoms. The first-order chi connectivity index (χ1) is 14.8. The van der Waals surface area contributed by atoms with E-state index in [0.717, 1.165) is 10.0 Å². The lowest BCUT2D eigenvalue weighted by atomic mass is 9.95. The van der Waals surface area contributed by atoms with Crippen LogP contribution in [-0.4, -0.2) is 48.1 Å². The van der Waals surface area contributed by atoms with Gasteiger partial charge in [-0.25, -0.2) is 0 Å². The molecule has 0 radical (unpaired) electrons. The quantitative estimate of drug-likeness (QED) is 0.253. The van der Waals surface area contributed by atoms with Crippen molar-refractivity contribution in [3.8, 4) is 5.75 Å². The predicted octanol–water partition coefficient (Wildman–Crippen LogP) is 4.69. The summed E-state index contributed by atoms with van der Waals surface area (Å²) < 4.78 is 11.7. The van der Waals surface area contributed by atoms with E-state index in [9.17, 15) is 14.7 Å². The predicted molar refractivity (Wildman–Crippen MR) is 122 cm³/mol. The molecule has 1 fully saturated rings. The van der Waals surface area contributed by atoms with Crippen LogP contribution in [0.15, 0.2) is 58.6 Å². The standard InChI is InChI=1S/C24H26BrNO5/c1-15(2)31-14-4-13-26-21(16-7-11-19(30-3)12-8-16)20(23(28)24(26)29)22(27)17-5-9-18(25)10-6-17/h5-12,15,21,27H,4,13-14H2,1-3H3/t21-/m0/s1. The number of hydrogen-bond donors (Lipinski definition) is 1. The number of carbonyl (C=O) groups excluding carboxylic acids is 2. The molecule has 0 unspecified atom stereocenters. The highest BCUT2D eigenvalue weighted by molar-refractivity contribution is 9.10. The molecule has 2 aromatic carbocycles. The number of Topliss-reactive ketones (excluding diaryl/α,β-unsaturated/α-hetero) is 1. The fraction of sp³-hybridized carbons (Fsp3) is 0.333. The number of aliphatic hydroxyl groups is 1. The Morgan fingerprint density at radius 2 is 1.74 bits per heavy atom. The van der Waals surface area contributed by atoms with Crippen molar-refractivity contribution in [1.82, 2.24) is 4.90 Å². The number of ketones is 1. The molecule has 0 saturated carbocycles. The Balaban J connectivity index is 2.02. The van der Waals surface area contributed by atoms with Crippen molar-refractivity contribution in [3.63, 3.8) is 0 Å². The van der Waals surface area contributed by atoms with Gasteiger partial charge in [-0.2, -0.15) is 0 Å². The lowest BCUT2D eigenvalue weighted by Crippen LogP contribution is -2.31. The van der Waals surface area contributed by atoms with E-state index in [-0.39, 0.29) is 17.4 Å². The molecule has 31 heavy (non-hydrogen) atoms. The number of likely N-dealkylation sites (tertiary alicyclic amines) is 1. The molecule has 1 N–H and O–H groups in total. The molecule has 1 amide bonds. The number of ether oxygens (including phenoxy) is 2. The van der Waals surface area contributed by atoms with Crippen LogP contribution >= 0.6 is 15.9 Å². The van der Waals surface area contributed by atoms with Crippen LogP contribution in [0.3, 0.4) is 0 Å². The minimum atomic E-state index is -0.689. The Bertz CT molecular complexity index is 966. The zero-order valence-electron chi connectivity index (χ0n) is 17.8. The number of hydrogen-bond acceptors (Lipinski definition) is 5. The van der Waals surface area contributed by atoms with E-state index in [2.05, 4.69) is 15.9 Å². The van der Waals surface area contributed by atoms with Gasteiger partial charge < -0.3 is 19.5 Å². The van der Waals surface area contributed by atoms with Gasteiger partial charge in [0, 0.05) is 23.2 Å². The lowest BCUT2D eigenvalue weighted by molar-refractivity contribution is -0.140. The van der Waals surface area contributed by atoms with E-state index in [1.54, 1.807) is 43.5 Å². The fourth-order valence-electron chi connectivity index (χ4n) is 3.56. The van der Waals surface area contributed by atoms with Crippen molar-refractivity contribution in [2.24, 2.45) is 0 Å². The summed E-state index contributed by atoms with van der Waals surface area (Å²) in [6, 6.07) is 13.4. The minimum Gasteiger partial charge on any atom is -0.507 e. The Kier molecular flexibility index (Phi) is 7.51. The van der Waals surface area contributed by atoms with Gasteiger partial charge in [-0.05, 0) is 50.1 Å². The highest BCUT2D eigenvalue weighted by atomic mass is 79.9. The molecule has 3 rings (SSSR count). The molecular weight excluding hydrogens is 462 g/mol. The molecule has 1 atom stereocenters. The largest absolute Gasteiger partial charge is 0.507 e. The van der Waals surface area contributed by atoms with E-state index in [0.29, 0.717) is 30.9 Å². The van der Waals surface area contributed by atoms with Gasteiger partial charge in [-0.1, -0.05) is 40.2 Å². The van der Waals surface area contributed by atoms with Gasteiger partial charge in [0.2, 0.25) is 0 Å². The summed E-state index contributed by atoms with van der Waals surface area (Å²) in [7, 11) is 1.57. The van der Waals surface area contributed by atoms with Gasteiger partial charge >= 0.3 is 0 Å². The summed E-state index contributed by atoms with van der Waals surface area (Å²) in [6.07, 6.45) is 0.668. The number of benzene rings is 2. The maximum atomic E-state index is 13.0. The number of methoxy groups -OCH3 is 1. The zero-order valence-corrected chi connectivity index (χ0v) is 19.4. The number of carbonyl (C=O) groups is 2. The Morgan fingerprint density at radius 3 is 2.32 bits per heavy atom. The van der Waals surface area contributed by atoms with Crippen LogP contribution in [-0.2, 0) is 14.3 Å². The van der Waals surface area contributed by atoms with Crippen LogP contribution in [0.2, 0.25) is 0 Å². The topological polar surface area (TPSA) is 76.1 Å². The van der Waals surface area contributed by atoms with Gasteiger partial charge in [0.1, 0.15) is 11.5 Å². The Hall–Kier alpha value is -2.64. The van der Waals surface area contributed by atoms with Crippen molar-refractivity contribution in [3.05, 3.63) is 69.7 Å². The maximum absolute atomic E-state index is 13.0. The van der Waals surface area contributed by atoms with E-state index < -0.39 is 17.7 Å². The summed E-state index contributed by atoms with van der Waals surface area (Å²) in [5, 5.41) is 11.0. The highest BCUT2D eigenvalue weighted by Gasteiger charge is 2.45. The number of aliphatic hydroxyl groups excluding tert-OH is 1. The third-order valence-corrected chi connectivity index (χ3v) is 5.61. The molecule has 6 nitrogen and oxygen atoms in total. The molecule has 0 aromatic heterocycles. The third kappa shape index (κ3) is 5.17. The van der Waals surface area contributed by atoms with Crippen LogP contribution in [0, 0.1) is 0 Å². The van der Waals surface area contributed by atoms with Crippen molar-refractivity contribution in [2.45, 2.75) is 32.4 Å². The lowest BCUT2D eigenvalue weighted by Gasteiger charge is -2.25. The van der Waals surface area contributed by atoms with Crippen LogP contribution in [0.1, 0.15) is 37.4 Å². The van der Waals surface area contributed by atoms with Crippen molar-refractivity contribution < 1.29 is 24.2 Å². The van der Waals surface area contributed by atoms with Gasteiger partial charge in [0.05, 0.1) is 24.8 Å². The smallest absolute Gasteiger partial charge is 0.295 e. The number of rotatable bonds is 8. The molecule has 1 aliphatic rings. The molecule has 0 bridgehead atoms. The summed E-state index contributed by atoms with van der Waals surface area (Å²) in [6.45, 7) is 4.71. The number of nitrogens with zero attached hydrogens (tertiary/aromatic N) is 1. The number of halogens is 1. The highest BCUT2D eigenvalue weighted by Crippen LogP contribution is 2.40. The van der Waals surface area contributed by atoms with Gasteiger partial charge in [0.15, 0.2) is 0 Å². The molecule has 1 aliphatic heterocycles. The molecule has 1 saturated heterocycles. The SMILES string of the molecule is COc1ccc([C@H]2C(=C(O)c3ccc(Br)cc3)C(=O)C(=O)N2CCCOC(C)C)cc1. The first-order valence-corrected chi connectivity index (χ1v) is 10.9. The van der Waals surface area contributed by atoms with Crippen molar-refractivity contribution in [1.29, 1.82) is 0 Å². The summed E-state index contributed by atoms with van der Waals surface area (Å²) in [5.74, 6) is -0.832. The van der Waals surface area contributed by atoms with Crippen molar-refractivity contribution >= 4 is 33.4 Å². The Labute approximate surface area is 190 Å². The second-order valence-electron chi connectivity index (χ2n) is 7.55. The monoisotopic (exact) mass is 487 g/mol. The van der Waals surface area contributed by atoms with Gasteiger partial charge in [0.25, 0.3) is 11.7 Å². The number of amides is 1. The van der Waals surface area contributed by atoms with E-state index in [1.807, 2.05) is 26.0 Å². The van der Waals surface area contributed by atoms with Gasteiger partial charge in [-0.15, -0.1) is 0 Å². The fourth-order valence-corrected chi connectivity index (χ4v) is 3.82. The van der Waals surface area contributed by atoms with Crippen LogP contribution in [0.5, 0.6) is 5.75 Å².